The van der Waals surface area contributed by atoms with Crippen LogP contribution in [0.4, 0.5) is 11.8 Å². The van der Waals surface area contributed by atoms with Crippen molar-refractivity contribution in [2.24, 2.45) is 0 Å². The molecule has 0 aliphatic carbocycles. The molecule has 1 aromatic heterocycles. The molecule has 6 heteroatoms. The first kappa shape index (κ1) is 18.9. The summed E-state index contributed by atoms with van der Waals surface area (Å²) >= 11 is 0. The number of likely N-dealkylation sites (tertiary alicyclic amines) is 1. The molecule has 30 heavy (non-hydrogen) atoms. The Morgan fingerprint density at radius 1 is 0.900 bits per heavy atom. The molecule has 1 fully saturated rings. The van der Waals surface area contributed by atoms with Crippen LogP contribution in [0.1, 0.15) is 30.4 Å². The molecule has 5 rings (SSSR count). The molecule has 2 aromatic carbocycles. The van der Waals surface area contributed by atoms with Crippen LogP contribution in [0, 0.1) is 0 Å². The van der Waals surface area contributed by atoms with E-state index in [1.807, 2.05) is 6.07 Å². The van der Waals surface area contributed by atoms with Gasteiger partial charge in [0.1, 0.15) is 11.4 Å². The fraction of sp³-hybridized carbons (Fsp3) is 0.333. The van der Waals surface area contributed by atoms with Gasteiger partial charge in [0.25, 0.3) is 0 Å². The smallest absolute Gasteiger partial charge is 0.225 e. The van der Waals surface area contributed by atoms with Gasteiger partial charge in [0.05, 0.1) is 5.56 Å². The standard InChI is InChI=1S/C24H27N5O/c25-21-20-15-24(30-22(20)28-23(26)27-21)11-4-13-29(14-12-24)16-17-7-9-19(10-8-17)18-5-2-1-3-6-18/h1-3,5-10H,4,11-16H2,(H4,25,26,27,28). The van der Waals surface area contributed by atoms with E-state index in [1.54, 1.807) is 0 Å². The zero-order valence-electron chi connectivity index (χ0n) is 17.1. The Morgan fingerprint density at radius 3 is 2.47 bits per heavy atom. The van der Waals surface area contributed by atoms with Crippen LogP contribution >= 0.6 is 0 Å². The van der Waals surface area contributed by atoms with Gasteiger partial charge in [-0.1, -0.05) is 54.6 Å². The second-order valence-electron chi connectivity index (χ2n) is 8.41. The molecule has 0 bridgehead atoms. The maximum atomic E-state index is 6.30. The Labute approximate surface area is 176 Å². The number of aromatic nitrogens is 2. The Hall–Kier alpha value is -3.12. The summed E-state index contributed by atoms with van der Waals surface area (Å²) in [7, 11) is 0. The highest BCUT2D eigenvalue weighted by molar-refractivity contribution is 5.63. The van der Waals surface area contributed by atoms with Crippen LogP contribution in [0.25, 0.3) is 11.1 Å². The first-order valence-corrected chi connectivity index (χ1v) is 10.6. The number of rotatable bonds is 3. The third kappa shape index (κ3) is 3.71. The van der Waals surface area contributed by atoms with E-state index in [9.17, 15) is 0 Å². The van der Waals surface area contributed by atoms with Crippen LogP contribution in [-0.2, 0) is 13.0 Å². The van der Waals surface area contributed by atoms with Gasteiger partial charge in [0.15, 0.2) is 0 Å². The lowest BCUT2D eigenvalue weighted by Crippen LogP contribution is -2.36. The summed E-state index contributed by atoms with van der Waals surface area (Å²) in [6, 6.07) is 19.4. The van der Waals surface area contributed by atoms with Gasteiger partial charge >= 0.3 is 0 Å². The maximum Gasteiger partial charge on any atom is 0.225 e. The van der Waals surface area contributed by atoms with Crippen molar-refractivity contribution in [1.82, 2.24) is 14.9 Å². The molecule has 6 nitrogen and oxygen atoms in total. The molecule has 4 N–H and O–H groups in total. The van der Waals surface area contributed by atoms with E-state index in [0.717, 1.165) is 50.9 Å². The molecular weight excluding hydrogens is 374 g/mol. The number of nitrogens with zero attached hydrogens (tertiary/aromatic N) is 3. The molecule has 3 heterocycles. The minimum atomic E-state index is -0.231. The normalized spacial score (nSPS) is 21.2. The Balaban J connectivity index is 1.24. The summed E-state index contributed by atoms with van der Waals surface area (Å²) in [5, 5.41) is 0. The molecule has 3 aromatic rings. The molecule has 0 radical (unpaired) electrons. The Morgan fingerprint density at radius 2 is 1.67 bits per heavy atom. The molecule has 2 aliphatic heterocycles. The van der Waals surface area contributed by atoms with Gasteiger partial charge in [-0.3, -0.25) is 4.90 Å². The fourth-order valence-electron chi connectivity index (χ4n) is 4.66. The molecule has 2 aliphatic rings. The molecule has 1 unspecified atom stereocenters. The quantitative estimate of drug-likeness (QED) is 0.696. The summed E-state index contributed by atoms with van der Waals surface area (Å²) in [6.07, 6.45) is 3.80. The molecule has 0 saturated carbocycles. The fourth-order valence-corrected chi connectivity index (χ4v) is 4.66. The van der Waals surface area contributed by atoms with E-state index in [4.69, 9.17) is 16.2 Å². The predicted molar refractivity (Wildman–Crippen MR) is 119 cm³/mol. The lowest BCUT2D eigenvalue weighted by molar-refractivity contribution is 0.0728. The molecule has 154 valence electrons. The monoisotopic (exact) mass is 401 g/mol. The van der Waals surface area contributed by atoms with Gasteiger partial charge in [0, 0.05) is 25.9 Å². The lowest BCUT2D eigenvalue weighted by atomic mass is 9.90. The topological polar surface area (TPSA) is 90.3 Å². The largest absolute Gasteiger partial charge is 0.470 e. The first-order valence-electron chi connectivity index (χ1n) is 10.6. The molecule has 1 atom stereocenters. The number of benzene rings is 2. The van der Waals surface area contributed by atoms with Crippen molar-refractivity contribution in [3.8, 4) is 17.0 Å². The highest BCUT2D eigenvalue weighted by atomic mass is 16.5. The molecule has 0 amide bonds. The van der Waals surface area contributed by atoms with E-state index in [2.05, 4.69) is 63.4 Å². The predicted octanol–water partition coefficient (Wildman–Crippen LogP) is 3.67. The average Bonchev–Trinajstić information content (AvgIpc) is 3.00. The van der Waals surface area contributed by atoms with Gasteiger partial charge in [-0.2, -0.15) is 9.97 Å². The maximum absolute atomic E-state index is 6.30. The number of nitrogens with two attached hydrogens (primary N) is 2. The van der Waals surface area contributed by atoms with Crippen LogP contribution in [0.15, 0.2) is 54.6 Å². The van der Waals surface area contributed by atoms with Gasteiger partial charge in [-0.15, -0.1) is 0 Å². The van der Waals surface area contributed by atoms with E-state index in [-0.39, 0.29) is 11.5 Å². The third-order valence-electron chi connectivity index (χ3n) is 6.29. The van der Waals surface area contributed by atoms with E-state index in [1.165, 1.54) is 16.7 Å². The van der Waals surface area contributed by atoms with E-state index < -0.39 is 0 Å². The van der Waals surface area contributed by atoms with Crippen molar-refractivity contribution in [3.05, 3.63) is 65.7 Å². The lowest BCUT2D eigenvalue weighted by Gasteiger charge is -2.27. The van der Waals surface area contributed by atoms with Crippen LogP contribution in [0.2, 0.25) is 0 Å². The number of ether oxygens (including phenoxy) is 1. The number of hydrogen-bond donors (Lipinski definition) is 2. The van der Waals surface area contributed by atoms with Crippen molar-refractivity contribution >= 4 is 11.8 Å². The summed E-state index contributed by atoms with van der Waals surface area (Å²) < 4.78 is 6.30. The van der Waals surface area contributed by atoms with Crippen molar-refractivity contribution in [2.75, 3.05) is 24.6 Å². The Bertz CT molecular complexity index is 1040. The number of fused-ring (bicyclic) bond motifs is 1. The van der Waals surface area contributed by atoms with Crippen LogP contribution in [0.3, 0.4) is 0 Å². The van der Waals surface area contributed by atoms with Crippen molar-refractivity contribution < 1.29 is 4.74 Å². The zero-order chi connectivity index (χ0) is 20.6. The highest BCUT2D eigenvalue weighted by Gasteiger charge is 2.42. The Kier molecular flexibility index (Phi) is 4.79. The summed E-state index contributed by atoms with van der Waals surface area (Å²) in [5.74, 6) is 1.21. The van der Waals surface area contributed by atoms with Crippen LogP contribution in [0.5, 0.6) is 5.88 Å². The summed E-state index contributed by atoms with van der Waals surface area (Å²) in [6.45, 7) is 3.00. The minimum absolute atomic E-state index is 0.178. The highest BCUT2D eigenvalue weighted by Crippen LogP contribution is 2.42. The van der Waals surface area contributed by atoms with Crippen LogP contribution < -0.4 is 16.2 Å². The van der Waals surface area contributed by atoms with Crippen molar-refractivity contribution in [3.63, 3.8) is 0 Å². The van der Waals surface area contributed by atoms with Gasteiger partial charge in [0.2, 0.25) is 11.8 Å². The third-order valence-corrected chi connectivity index (χ3v) is 6.29. The second-order valence-corrected chi connectivity index (χ2v) is 8.41. The van der Waals surface area contributed by atoms with Gasteiger partial charge < -0.3 is 16.2 Å². The van der Waals surface area contributed by atoms with E-state index >= 15 is 0 Å². The molecular formula is C24H27N5O. The van der Waals surface area contributed by atoms with Gasteiger partial charge in [-0.05, 0) is 36.1 Å². The summed E-state index contributed by atoms with van der Waals surface area (Å²) in [4.78, 5) is 10.9. The summed E-state index contributed by atoms with van der Waals surface area (Å²) in [5.41, 5.74) is 16.3. The average molecular weight is 402 g/mol. The van der Waals surface area contributed by atoms with Crippen molar-refractivity contribution in [1.29, 1.82) is 0 Å². The number of nitrogen functional groups attached to an aromatic ring is 2. The zero-order valence-corrected chi connectivity index (χ0v) is 17.1. The first-order chi connectivity index (χ1) is 14.6. The second kappa shape index (κ2) is 7.61. The van der Waals surface area contributed by atoms with Crippen LogP contribution in [-0.4, -0.2) is 33.6 Å². The van der Waals surface area contributed by atoms with E-state index in [0.29, 0.717) is 11.7 Å². The molecule has 1 spiro atoms. The SMILES string of the molecule is Nc1nc(N)c2c(n1)OC1(CCCN(Cc3ccc(-c4ccccc4)cc3)CC1)C2. The minimum Gasteiger partial charge on any atom is -0.470 e. The number of hydrogen-bond acceptors (Lipinski definition) is 6. The van der Waals surface area contributed by atoms with Crippen molar-refractivity contribution in [2.45, 2.75) is 37.8 Å². The number of anilines is 2. The molecule has 1 saturated heterocycles. The van der Waals surface area contributed by atoms with Gasteiger partial charge in [-0.25, -0.2) is 0 Å².